The van der Waals surface area contributed by atoms with Gasteiger partial charge in [0.2, 0.25) is 5.91 Å². The number of methoxy groups -OCH3 is 1. The van der Waals surface area contributed by atoms with Crippen LogP contribution >= 0.6 is 0 Å². The highest BCUT2D eigenvalue weighted by Gasteiger charge is 2.20. The molecule has 21 heavy (non-hydrogen) atoms. The molecule has 1 aromatic rings. The van der Waals surface area contributed by atoms with Crippen molar-refractivity contribution in [2.45, 2.75) is 26.1 Å². The van der Waals surface area contributed by atoms with Gasteiger partial charge in [-0.25, -0.2) is 0 Å². The second-order valence-corrected chi connectivity index (χ2v) is 5.50. The minimum absolute atomic E-state index is 0.0796. The zero-order chi connectivity index (χ0) is 15.1. The number of benzene rings is 1. The molecule has 1 aromatic carbocycles. The summed E-state index contributed by atoms with van der Waals surface area (Å²) in [5, 5.41) is 6.34. The standard InChI is InChI=1S/C16H25N3O2/c1-13-9-17-7-8-19(13)11-16(20)18-10-14-5-3-4-6-15(14)12-21-2/h3-6,13,17H,7-12H2,1-2H3,(H,18,20)/t13-/m1/s1. The molecule has 0 saturated carbocycles. The van der Waals surface area contributed by atoms with Crippen molar-refractivity contribution in [2.75, 3.05) is 33.3 Å². The van der Waals surface area contributed by atoms with Crippen LogP contribution in [-0.4, -0.2) is 50.1 Å². The number of carbonyl (C=O) groups is 1. The summed E-state index contributed by atoms with van der Waals surface area (Å²) in [6, 6.07) is 8.44. The Balaban J connectivity index is 1.83. The van der Waals surface area contributed by atoms with Crippen molar-refractivity contribution in [3.05, 3.63) is 35.4 Å². The lowest BCUT2D eigenvalue weighted by molar-refractivity contribution is -0.123. The fourth-order valence-corrected chi connectivity index (χ4v) is 2.58. The summed E-state index contributed by atoms with van der Waals surface area (Å²) < 4.78 is 5.18. The lowest BCUT2D eigenvalue weighted by Crippen LogP contribution is -2.52. The Hall–Kier alpha value is -1.43. The first-order valence-corrected chi connectivity index (χ1v) is 7.48. The fourth-order valence-electron chi connectivity index (χ4n) is 2.58. The maximum absolute atomic E-state index is 12.1. The Morgan fingerprint density at radius 1 is 1.43 bits per heavy atom. The maximum atomic E-state index is 12.1. The van der Waals surface area contributed by atoms with Gasteiger partial charge in [0.25, 0.3) is 0 Å². The van der Waals surface area contributed by atoms with E-state index in [1.54, 1.807) is 7.11 Å². The van der Waals surface area contributed by atoms with E-state index in [0.29, 0.717) is 25.7 Å². The Bertz CT molecular complexity index is 465. The van der Waals surface area contributed by atoms with Crippen LogP contribution in [0.15, 0.2) is 24.3 Å². The van der Waals surface area contributed by atoms with Gasteiger partial charge in [-0.3, -0.25) is 9.69 Å². The molecule has 0 aliphatic carbocycles. The molecular formula is C16H25N3O2. The zero-order valence-corrected chi connectivity index (χ0v) is 12.9. The van der Waals surface area contributed by atoms with Crippen molar-refractivity contribution in [3.8, 4) is 0 Å². The van der Waals surface area contributed by atoms with Gasteiger partial charge in [0.1, 0.15) is 0 Å². The van der Waals surface area contributed by atoms with Crippen LogP contribution < -0.4 is 10.6 Å². The highest BCUT2D eigenvalue weighted by Crippen LogP contribution is 2.09. The Labute approximate surface area is 126 Å². The summed E-state index contributed by atoms with van der Waals surface area (Å²) in [5.74, 6) is 0.0796. The van der Waals surface area contributed by atoms with E-state index < -0.39 is 0 Å². The molecule has 1 fully saturated rings. The van der Waals surface area contributed by atoms with Gasteiger partial charge in [-0.2, -0.15) is 0 Å². The molecule has 5 heteroatoms. The SMILES string of the molecule is COCc1ccccc1CNC(=O)CN1CCNC[C@H]1C. The van der Waals surface area contributed by atoms with Crippen LogP contribution in [0.25, 0.3) is 0 Å². The molecule has 1 aliphatic heterocycles. The monoisotopic (exact) mass is 291 g/mol. The van der Waals surface area contributed by atoms with Crippen LogP contribution in [0.2, 0.25) is 0 Å². The van der Waals surface area contributed by atoms with E-state index in [0.717, 1.165) is 30.8 Å². The van der Waals surface area contributed by atoms with Crippen molar-refractivity contribution in [3.63, 3.8) is 0 Å². The minimum atomic E-state index is 0.0796. The Morgan fingerprint density at radius 2 is 2.19 bits per heavy atom. The molecule has 0 unspecified atom stereocenters. The van der Waals surface area contributed by atoms with Gasteiger partial charge >= 0.3 is 0 Å². The average molecular weight is 291 g/mol. The van der Waals surface area contributed by atoms with Gasteiger partial charge in [-0.15, -0.1) is 0 Å². The van der Waals surface area contributed by atoms with Crippen molar-refractivity contribution in [2.24, 2.45) is 0 Å². The number of hydrogen-bond acceptors (Lipinski definition) is 4. The largest absolute Gasteiger partial charge is 0.380 e. The Kier molecular flexibility index (Phi) is 6.17. The molecular weight excluding hydrogens is 266 g/mol. The molecule has 0 aromatic heterocycles. The molecule has 116 valence electrons. The van der Waals surface area contributed by atoms with E-state index >= 15 is 0 Å². The molecule has 1 heterocycles. The molecule has 0 spiro atoms. The van der Waals surface area contributed by atoms with Gasteiger partial charge in [-0.1, -0.05) is 24.3 Å². The van der Waals surface area contributed by atoms with Crippen molar-refractivity contribution >= 4 is 5.91 Å². The van der Waals surface area contributed by atoms with Crippen LogP contribution in [-0.2, 0) is 22.7 Å². The van der Waals surface area contributed by atoms with Crippen LogP contribution in [0, 0.1) is 0 Å². The second kappa shape index (κ2) is 8.12. The van der Waals surface area contributed by atoms with E-state index in [1.165, 1.54) is 0 Å². The van der Waals surface area contributed by atoms with E-state index in [9.17, 15) is 4.79 Å². The summed E-state index contributed by atoms with van der Waals surface area (Å²) >= 11 is 0. The van der Waals surface area contributed by atoms with Crippen LogP contribution in [0.4, 0.5) is 0 Å². The molecule has 2 N–H and O–H groups in total. The van der Waals surface area contributed by atoms with Crippen LogP contribution in [0.1, 0.15) is 18.1 Å². The molecule has 1 atom stereocenters. The van der Waals surface area contributed by atoms with Gasteiger partial charge < -0.3 is 15.4 Å². The first-order valence-electron chi connectivity index (χ1n) is 7.48. The highest BCUT2D eigenvalue weighted by molar-refractivity contribution is 5.78. The number of nitrogens with one attached hydrogen (secondary N) is 2. The van der Waals surface area contributed by atoms with Gasteiger partial charge in [0.15, 0.2) is 0 Å². The number of hydrogen-bond donors (Lipinski definition) is 2. The number of piperazine rings is 1. The van der Waals surface area contributed by atoms with Gasteiger partial charge in [-0.05, 0) is 18.1 Å². The van der Waals surface area contributed by atoms with Crippen molar-refractivity contribution < 1.29 is 9.53 Å². The average Bonchev–Trinajstić information content (AvgIpc) is 2.49. The maximum Gasteiger partial charge on any atom is 0.234 e. The predicted octanol–water partition coefficient (Wildman–Crippen LogP) is 0.743. The number of nitrogens with zero attached hydrogens (tertiary/aromatic N) is 1. The van der Waals surface area contributed by atoms with Gasteiger partial charge in [0.05, 0.1) is 13.2 Å². The molecule has 1 saturated heterocycles. The summed E-state index contributed by atoms with van der Waals surface area (Å²) in [4.78, 5) is 14.3. The summed E-state index contributed by atoms with van der Waals surface area (Å²) in [5.41, 5.74) is 2.23. The molecule has 0 bridgehead atoms. The molecule has 2 rings (SSSR count). The van der Waals surface area contributed by atoms with Crippen LogP contribution in [0.3, 0.4) is 0 Å². The molecule has 1 amide bonds. The van der Waals surface area contributed by atoms with E-state index in [4.69, 9.17) is 4.74 Å². The predicted molar refractivity (Wildman–Crippen MR) is 82.9 cm³/mol. The topological polar surface area (TPSA) is 53.6 Å². The first kappa shape index (κ1) is 15.9. The molecule has 5 nitrogen and oxygen atoms in total. The van der Waals surface area contributed by atoms with E-state index in [-0.39, 0.29) is 5.91 Å². The first-order chi connectivity index (χ1) is 10.2. The van der Waals surface area contributed by atoms with Crippen LogP contribution in [0.5, 0.6) is 0 Å². The number of amides is 1. The van der Waals surface area contributed by atoms with E-state index in [2.05, 4.69) is 22.5 Å². The number of rotatable bonds is 6. The smallest absolute Gasteiger partial charge is 0.234 e. The number of carbonyl (C=O) groups excluding carboxylic acids is 1. The third-order valence-corrected chi connectivity index (χ3v) is 3.88. The highest BCUT2D eigenvalue weighted by atomic mass is 16.5. The Morgan fingerprint density at radius 3 is 2.90 bits per heavy atom. The van der Waals surface area contributed by atoms with Gasteiger partial charge in [0, 0.05) is 39.3 Å². The lowest BCUT2D eigenvalue weighted by atomic mass is 10.1. The van der Waals surface area contributed by atoms with E-state index in [1.807, 2.05) is 24.3 Å². The van der Waals surface area contributed by atoms with Crippen molar-refractivity contribution in [1.82, 2.24) is 15.5 Å². The summed E-state index contributed by atoms with van der Waals surface area (Å²) in [7, 11) is 1.68. The number of ether oxygens (including phenoxy) is 1. The minimum Gasteiger partial charge on any atom is -0.380 e. The third kappa shape index (κ3) is 4.81. The second-order valence-electron chi connectivity index (χ2n) is 5.50. The normalized spacial score (nSPS) is 19.4. The lowest BCUT2D eigenvalue weighted by Gasteiger charge is -2.33. The fraction of sp³-hybridized carbons (Fsp3) is 0.562. The summed E-state index contributed by atoms with van der Waals surface area (Å²) in [6.07, 6.45) is 0. The van der Waals surface area contributed by atoms with Crippen molar-refractivity contribution in [1.29, 1.82) is 0 Å². The quantitative estimate of drug-likeness (QED) is 0.812. The zero-order valence-electron chi connectivity index (χ0n) is 12.9. The molecule has 1 aliphatic rings. The summed E-state index contributed by atoms with van der Waals surface area (Å²) in [6.45, 7) is 6.56. The third-order valence-electron chi connectivity index (χ3n) is 3.88. The molecule has 0 radical (unpaired) electrons.